The molecule has 1 aromatic rings. The average molecular weight is 294 g/mol. The molecule has 2 fully saturated rings. The number of nitrogens with zero attached hydrogens (tertiary/aromatic N) is 1. The smallest absolute Gasteiger partial charge is 0.246 e. The molecule has 1 saturated heterocycles. The Bertz CT molecular complexity index is 597. The summed E-state index contributed by atoms with van der Waals surface area (Å²) in [6, 6.07) is 3.28. The third kappa shape index (κ3) is 2.28. The molecule has 4 nitrogen and oxygen atoms in total. The Labute approximate surface area is 121 Å². The van der Waals surface area contributed by atoms with E-state index in [9.17, 15) is 18.4 Å². The lowest BCUT2D eigenvalue weighted by Crippen LogP contribution is -2.65. The molecule has 6 heteroatoms. The Kier molecular flexibility index (Phi) is 3.39. The molecule has 0 bridgehead atoms. The molecule has 0 radical (unpaired) electrons. The van der Waals surface area contributed by atoms with E-state index < -0.39 is 17.2 Å². The third-order valence-electron chi connectivity index (χ3n) is 4.41. The highest BCUT2D eigenvalue weighted by atomic mass is 19.1. The fourth-order valence-electron chi connectivity index (χ4n) is 3.29. The number of rotatable bonds is 2. The van der Waals surface area contributed by atoms with Gasteiger partial charge in [-0.15, -0.1) is 0 Å². The maximum atomic E-state index is 13.8. The standard InChI is InChI=1S/C15H16F2N2O2/c16-11-4-3-10(12(17)7-11)9-19-13(20)8-18-14(21)15(19)5-1-2-6-15/h3-4,7H,1-2,5-6,8-9H2,(H,18,21). The second kappa shape index (κ2) is 5.09. The summed E-state index contributed by atoms with van der Waals surface area (Å²) in [7, 11) is 0. The summed E-state index contributed by atoms with van der Waals surface area (Å²) in [5.74, 6) is -1.74. The summed E-state index contributed by atoms with van der Waals surface area (Å²) >= 11 is 0. The van der Waals surface area contributed by atoms with Gasteiger partial charge >= 0.3 is 0 Å². The van der Waals surface area contributed by atoms with Gasteiger partial charge in [0.25, 0.3) is 0 Å². The Balaban J connectivity index is 1.93. The number of nitrogens with one attached hydrogen (secondary N) is 1. The topological polar surface area (TPSA) is 49.4 Å². The number of piperazine rings is 1. The van der Waals surface area contributed by atoms with E-state index in [0.717, 1.165) is 25.0 Å². The van der Waals surface area contributed by atoms with E-state index in [1.807, 2.05) is 0 Å². The van der Waals surface area contributed by atoms with Crippen molar-refractivity contribution in [3.05, 3.63) is 35.4 Å². The fraction of sp³-hybridized carbons (Fsp3) is 0.467. The summed E-state index contributed by atoms with van der Waals surface area (Å²) in [5.41, 5.74) is -0.637. The molecule has 3 rings (SSSR count). The third-order valence-corrected chi connectivity index (χ3v) is 4.41. The van der Waals surface area contributed by atoms with Crippen LogP contribution in [0.4, 0.5) is 8.78 Å². The van der Waals surface area contributed by atoms with Gasteiger partial charge in [-0.2, -0.15) is 0 Å². The number of halogens is 2. The van der Waals surface area contributed by atoms with Crippen LogP contribution in [0, 0.1) is 11.6 Å². The number of benzene rings is 1. The molecule has 2 amide bonds. The SMILES string of the molecule is O=C1CNC(=O)C2(CCCC2)N1Cc1ccc(F)cc1F. The van der Waals surface area contributed by atoms with E-state index in [1.54, 1.807) is 0 Å². The van der Waals surface area contributed by atoms with Gasteiger partial charge < -0.3 is 10.2 Å². The molecule has 1 saturated carbocycles. The molecule has 2 aliphatic rings. The molecule has 1 spiro atoms. The van der Waals surface area contributed by atoms with E-state index in [4.69, 9.17) is 0 Å². The zero-order chi connectivity index (χ0) is 15.0. The summed E-state index contributed by atoms with van der Waals surface area (Å²) in [5, 5.41) is 2.62. The second-order valence-electron chi connectivity index (χ2n) is 5.64. The molecular formula is C15H16F2N2O2. The first-order valence-electron chi connectivity index (χ1n) is 7.06. The maximum absolute atomic E-state index is 13.8. The highest BCUT2D eigenvalue weighted by Crippen LogP contribution is 2.38. The number of carbonyl (C=O) groups is 2. The highest BCUT2D eigenvalue weighted by Gasteiger charge is 2.50. The van der Waals surface area contributed by atoms with Crippen molar-refractivity contribution >= 4 is 11.8 Å². The summed E-state index contributed by atoms with van der Waals surface area (Å²) in [6.45, 7) is -0.0677. The maximum Gasteiger partial charge on any atom is 0.246 e. The lowest BCUT2D eigenvalue weighted by atomic mass is 9.90. The van der Waals surface area contributed by atoms with Crippen LogP contribution in [0.3, 0.4) is 0 Å². The zero-order valence-electron chi connectivity index (χ0n) is 11.5. The molecule has 1 N–H and O–H groups in total. The van der Waals surface area contributed by atoms with Crippen LogP contribution in [0.15, 0.2) is 18.2 Å². The second-order valence-corrected chi connectivity index (χ2v) is 5.64. The molecule has 1 aliphatic heterocycles. The lowest BCUT2D eigenvalue weighted by molar-refractivity contribution is -0.154. The summed E-state index contributed by atoms with van der Waals surface area (Å²) in [6.07, 6.45) is 2.91. The van der Waals surface area contributed by atoms with Crippen molar-refractivity contribution in [3.8, 4) is 0 Å². The van der Waals surface area contributed by atoms with E-state index in [-0.39, 0.29) is 30.5 Å². The predicted molar refractivity (Wildman–Crippen MR) is 71.1 cm³/mol. The van der Waals surface area contributed by atoms with Gasteiger partial charge in [0.1, 0.15) is 17.2 Å². The van der Waals surface area contributed by atoms with Crippen molar-refractivity contribution in [2.45, 2.75) is 37.8 Å². The van der Waals surface area contributed by atoms with Crippen LogP contribution < -0.4 is 5.32 Å². The minimum Gasteiger partial charge on any atom is -0.345 e. The van der Waals surface area contributed by atoms with Crippen molar-refractivity contribution < 1.29 is 18.4 Å². The zero-order valence-corrected chi connectivity index (χ0v) is 11.5. The number of carbonyl (C=O) groups excluding carboxylic acids is 2. The quantitative estimate of drug-likeness (QED) is 0.903. The molecule has 1 aromatic carbocycles. The van der Waals surface area contributed by atoms with E-state index in [2.05, 4.69) is 5.32 Å². The number of hydrogen-bond donors (Lipinski definition) is 1. The molecule has 21 heavy (non-hydrogen) atoms. The highest BCUT2D eigenvalue weighted by molar-refractivity contribution is 5.98. The minimum absolute atomic E-state index is 0.00162. The molecule has 0 unspecified atom stereocenters. The monoisotopic (exact) mass is 294 g/mol. The van der Waals surface area contributed by atoms with Gasteiger partial charge in [-0.05, 0) is 18.9 Å². The average Bonchev–Trinajstić information content (AvgIpc) is 2.92. The molecule has 1 heterocycles. The molecule has 0 atom stereocenters. The van der Waals surface area contributed by atoms with Crippen LogP contribution in [-0.2, 0) is 16.1 Å². The van der Waals surface area contributed by atoms with Crippen LogP contribution in [0.25, 0.3) is 0 Å². The largest absolute Gasteiger partial charge is 0.345 e. The van der Waals surface area contributed by atoms with Crippen molar-refractivity contribution in [3.63, 3.8) is 0 Å². The van der Waals surface area contributed by atoms with Crippen LogP contribution in [0.1, 0.15) is 31.2 Å². The first-order chi connectivity index (χ1) is 10.0. The molecule has 1 aliphatic carbocycles. The van der Waals surface area contributed by atoms with Crippen LogP contribution in [0.5, 0.6) is 0 Å². The van der Waals surface area contributed by atoms with E-state index in [1.165, 1.54) is 11.0 Å². The first-order valence-corrected chi connectivity index (χ1v) is 7.06. The van der Waals surface area contributed by atoms with E-state index >= 15 is 0 Å². The van der Waals surface area contributed by atoms with Gasteiger partial charge in [0, 0.05) is 18.2 Å². The molecule has 112 valence electrons. The van der Waals surface area contributed by atoms with Crippen molar-refractivity contribution in [2.75, 3.05) is 6.54 Å². The summed E-state index contributed by atoms with van der Waals surface area (Å²) in [4.78, 5) is 25.9. The van der Waals surface area contributed by atoms with Crippen LogP contribution >= 0.6 is 0 Å². The molecule has 0 aromatic heterocycles. The fourth-order valence-corrected chi connectivity index (χ4v) is 3.29. The van der Waals surface area contributed by atoms with Crippen molar-refractivity contribution in [2.24, 2.45) is 0 Å². The Morgan fingerprint density at radius 3 is 2.57 bits per heavy atom. The van der Waals surface area contributed by atoms with Gasteiger partial charge in [-0.3, -0.25) is 9.59 Å². The number of hydrogen-bond acceptors (Lipinski definition) is 2. The van der Waals surface area contributed by atoms with Gasteiger partial charge in [-0.1, -0.05) is 18.9 Å². The van der Waals surface area contributed by atoms with Crippen LogP contribution in [-0.4, -0.2) is 28.8 Å². The number of amides is 2. The van der Waals surface area contributed by atoms with Crippen molar-refractivity contribution in [1.82, 2.24) is 10.2 Å². The van der Waals surface area contributed by atoms with Crippen molar-refractivity contribution in [1.29, 1.82) is 0 Å². The Morgan fingerprint density at radius 2 is 1.90 bits per heavy atom. The van der Waals surface area contributed by atoms with Crippen LogP contribution in [0.2, 0.25) is 0 Å². The van der Waals surface area contributed by atoms with Gasteiger partial charge in [0.2, 0.25) is 11.8 Å². The Morgan fingerprint density at radius 1 is 1.19 bits per heavy atom. The predicted octanol–water partition coefficient (Wildman–Crippen LogP) is 1.74. The Hall–Kier alpha value is -1.98. The molecular weight excluding hydrogens is 278 g/mol. The van der Waals surface area contributed by atoms with Gasteiger partial charge in [0.15, 0.2) is 0 Å². The lowest BCUT2D eigenvalue weighted by Gasteiger charge is -2.43. The minimum atomic E-state index is -0.865. The summed E-state index contributed by atoms with van der Waals surface area (Å²) < 4.78 is 26.8. The van der Waals surface area contributed by atoms with E-state index in [0.29, 0.717) is 12.8 Å². The first kappa shape index (κ1) is 14.0. The van der Waals surface area contributed by atoms with Gasteiger partial charge in [-0.25, -0.2) is 8.78 Å². The van der Waals surface area contributed by atoms with Gasteiger partial charge in [0.05, 0.1) is 6.54 Å². The normalized spacial score (nSPS) is 21.0.